The number of aromatic nitrogens is 1. The summed E-state index contributed by atoms with van der Waals surface area (Å²) < 4.78 is 19.7. The average Bonchev–Trinajstić information content (AvgIpc) is 3.14. The Hall–Kier alpha value is -1.05. The van der Waals surface area contributed by atoms with Gasteiger partial charge in [-0.2, -0.15) is 0 Å². The largest absolute Gasteiger partial charge is 0.378 e. The third-order valence-electron chi connectivity index (χ3n) is 5.26. The highest BCUT2D eigenvalue weighted by Crippen LogP contribution is 2.26. The van der Waals surface area contributed by atoms with Gasteiger partial charge in [0.05, 0.1) is 23.7 Å². The number of halogens is 1. The van der Waals surface area contributed by atoms with Crippen molar-refractivity contribution in [2.24, 2.45) is 0 Å². The number of rotatable bonds is 6. The monoisotopic (exact) mass is 369 g/mol. The molecule has 2 saturated heterocycles. The van der Waals surface area contributed by atoms with Gasteiger partial charge in [-0.05, 0) is 32.6 Å². The number of thiazole rings is 1. The summed E-state index contributed by atoms with van der Waals surface area (Å²) in [5.74, 6) is 0.100. The lowest BCUT2D eigenvalue weighted by atomic mass is 10.1. The van der Waals surface area contributed by atoms with Crippen LogP contribution in [0.2, 0.25) is 0 Å². The van der Waals surface area contributed by atoms with Gasteiger partial charge in [0.15, 0.2) is 0 Å². The van der Waals surface area contributed by atoms with E-state index in [9.17, 15) is 9.18 Å². The molecule has 3 rings (SSSR count). The van der Waals surface area contributed by atoms with E-state index in [1.165, 1.54) is 4.88 Å². The number of hydrogen-bond donors (Lipinski definition) is 0. The Balaban J connectivity index is 1.53. The molecule has 1 aromatic rings. The lowest BCUT2D eigenvalue weighted by molar-refractivity contribution is -0.134. The van der Waals surface area contributed by atoms with E-state index in [0.29, 0.717) is 25.9 Å². The molecule has 0 radical (unpaired) electrons. The van der Waals surface area contributed by atoms with Crippen LogP contribution in [-0.2, 0) is 16.1 Å². The smallest absolute Gasteiger partial charge is 0.224 e. The minimum absolute atomic E-state index is 0.0529. The van der Waals surface area contributed by atoms with E-state index in [0.717, 1.165) is 38.1 Å². The van der Waals surface area contributed by atoms with E-state index in [4.69, 9.17) is 4.74 Å². The van der Waals surface area contributed by atoms with Gasteiger partial charge in [-0.25, -0.2) is 9.37 Å². The number of alkyl halides is 1. The molecule has 0 spiro atoms. The van der Waals surface area contributed by atoms with Crippen molar-refractivity contribution in [2.45, 2.75) is 63.9 Å². The Bertz CT molecular complexity index is 576. The van der Waals surface area contributed by atoms with Crippen LogP contribution in [0, 0.1) is 6.92 Å². The zero-order chi connectivity index (χ0) is 17.8. The first-order valence-corrected chi connectivity index (χ1v) is 10.0. The molecule has 0 aliphatic carbocycles. The molecule has 2 fully saturated rings. The van der Waals surface area contributed by atoms with E-state index < -0.39 is 6.17 Å². The summed E-state index contributed by atoms with van der Waals surface area (Å²) in [4.78, 5) is 21.9. The van der Waals surface area contributed by atoms with Crippen molar-refractivity contribution in [3.63, 3.8) is 0 Å². The van der Waals surface area contributed by atoms with Crippen molar-refractivity contribution in [3.8, 4) is 0 Å². The molecule has 3 heterocycles. The molecule has 0 N–H and O–H groups in total. The maximum atomic E-state index is 14.0. The first kappa shape index (κ1) is 18.7. The van der Waals surface area contributed by atoms with Crippen molar-refractivity contribution in [2.75, 3.05) is 26.7 Å². The van der Waals surface area contributed by atoms with Crippen LogP contribution in [0.3, 0.4) is 0 Å². The standard InChI is InChI=1S/C18H28FN3O2S/c1-13-17(25-12-20-13)11-22-9-14(19)7-15(22)10-21(2)18(23)8-16-5-3-4-6-24-16/h12,14-16H,3-11H2,1-2H3/t14-,15-,16+/m0/s1. The van der Waals surface area contributed by atoms with E-state index in [1.54, 1.807) is 16.2 Å². The topological polar surface area (TPSA) is 45.7 Å². The number of hydrogen-bond acceptors (Lipinski definition) is 5. The molecule has 5 nitrogen and oxygen atoms in total. The van der Waals surface area contributed by atoms with Gasteiger partial charge in [0.1, 0.15) is 6.17 Å². The van der Waals surface area contributed by atoms with Gasteiger partial charge in [0, 0.05) is 44.2 Å². The van der Waals surface area contributed by atoms with Crippen molar-refractivity contribution in [1.82, 2.24) is 14.8 Å². The number of nitrogens with zero attached hydrogens (tertiary/aromatic N) is 3. The van der Waals surface area contributed by atoms with Crippen molar-refractivity contribution in [3.05, 3.63) is 16.1 Å². The third-order valence-corrected chi connectivity index (χ3v) is 6.17. The van der Waals surface area contributed by atoms with Crippen LogP contribution in [0.5, 0.6) is 0 Å². The third kappa shape index (κ3) is 4.99. The number of carbonyl (C=O) groups is 1. The number of likely N-dealkylation sites (N-methyl/N-ethyl adjacent to an activating group) is 1. The first-order chi connectivity index (χ1) is 12.0. The highest BCUT2D eigenvalue weighted by atomic mass is 32.1. The van der Waals surface area contributed by atoms with Gasteiger partial charge < -0.3 is 9.64 Å². The summed E-state index contributed by atoms with van der Waals surface area (Å²) in [5.41, 5.74) is 2.85. The molecule has 0 unspecified atom stereocenters. The number of ether oxygens (including phenoxy) is 1. The zero-order valence-electron chi connectivity index (χ0n) is 15.1. The number of likely N-dealkylation sites (tertiary alicyclic amines) is 1. The normalized spacial score (nSPS) is 27.6. The molecule has 3 atom stereocenters. The van der Waals surface area contributed by atoms with Crippen LogP contribution in [0.4, 0.5) is 4.39 Å². The Labute approximate surface area is 153 Å². The number of amides is 1. The predicted octanol–water partition coefficient (Wildman–Crippen LogP) is 2.78. The van der Waals surface area contributed by atoms with Gasteiger partial charge >= 0.3 is 0 Å². The maximum Gasteiger partial charge on any atom is 0.224 e. The van der Waals surface area contributed by atoms with E-state index in [-0.39, 0.29) is 18.1 Å². The predicted molar refractivity (Wildman–Crippen MR) is 96.4 cm³/mol. The van der Waals surface area contributed by atoms with Crippen molar-refractivity contribution >= 4 is 17.2 Å². The molecule has 0 aromatic carbocycles. The molecule has 1 aromatic heterocycles. The maximum absolute atomic E-state index is 14.0. The lowest BCUT2D eigenvalue weighted by Gasteiger charge is -2.29. The Kier molecular flexibility index (Phi) is 6.41. The summed E-state index contributed by atoms with van der Waals surface area (Å²) in [6.07, 6.45) is 3.36. The molecule has 1 amide bonds. The Morgan fingerprint density at radius 3 is 3.04 bits per heavy atom. The van der Waals surface area contributed by atoms with E-state index in [1.807, 2.05) is 19.5 Å². The summed E-state index contributed by atoms with van der Waals surface area (Å²) in [6.45, 7) is 4.48. The summed E-state index contributed by atoms with van der Waals surface area (Å²) in [5, 5.41) is 0. The summed E-state index contributed by atoms with van der Waals surface area (Å²) in [7, 11) is 1.83. The Morgan fingerprint density at radius 1 is 1.52 bits per heavy atom. The highest BCUT2D eigenvalue weighted by Gasteiger charge is 2.34. The first-order valence-electron chi connectivity index (χ1n) is 9.15. The average molecular weight is 370 g/mol. The minimum Gasteiger partial charge on any atom is -0.378 e. The molecular weight excluding hydrogens is 341 g/mol. The Morgan fingerprint density at radius 2 is 2.36 bits per heavy atom. The van der Waals surface area contributed by atoms with Gasteiger partial charge in [0.25, 0.3) is 0 Å². The number of carbonyl (C=O) groups excluding carboxylic acids is 1. The van der Waals surface area contributed by atoms with Crippen LogP contribution in [0.25, 0.3) is 0 Å². The van der Waals surface area contributed by atoms with Gasteiger partial charge in [-0.3, -0.25) is 9.69 Å². The quantitative estimate of drug-likeness (QED) is 0.774. The minimum atomic E-state index is -0.816. The molecular formula is C18H28FN3O2S. The number of aryl methyl sites for hydroxylation is 1. The molecule has 2 aliphatic rings. The van der Waals surface area contributed by atoms with Gasteiger partial charge in [0.2, 0.25) is 5.91 Å². The van der Waals surface area contributed by atoms with Crippen LogP contribution in [-0.4, -0.2) is 65.8 Å². The zero-order valence-corrected chi connectivity index (χ0v) is 15.9. The van der Waals surface area contributed by atoms with E-state index >= 15 is 0 Å². The van der Waals surface area contributed by atoms with Crippen LogP contribution < -0.4 is 0 Å². The van der Waals surface area contributed by atoms with Crippen molar-refractivity contribution < 1.29 is 13.9 Å². The highest BCUT2D eigenvalue weighted by molar-refractivity contribution is 7.09. The second-order valence-electron chi connectivity index (χ2n) is 7.24. The van der Waals surface area contributed by atoms with Gasteiger partial charge in [-0.15, -0.1) is 11.3 Å². The molecule has 7 heteroatoms. The summed E-state index contributed by atoms with van der Waals surface area (Å²) >= 11 is 1.62. The van der Waals surface area contributed by atoms with Crippen molar-refractivity contribution in [1.29, 1.82) is 0 Å². The molecule has 2 aliphatic heterocycles. The lowest BCUT2D eigenvalue weighted by Crippen LogP contribution is -2.42. The fourth-order valence-corrected chi connectivity index (χ4v) is 4.51. The van der Waals surface area contributed by atoms with Crippen LogP contribution in [0.15, 0.2) is 5.51 Å². The molecule has 0 saturated carbocycles. The molecule has 140 valence electrons. The van der Waals surface area contributed by atoms with Crippen LogP contribution >= 0.6 is 11.3 Å². The van der Waals surface area contributed by atoms with E-state index in [2.05, 4.69) is 9.88 Å². The fraction of sp³-hybridized carbons (Fsp3) is 0.778. The SMILES string of the molecule is Cc1ncsc1CN1C[C@@H](F)C[C@H]1CN(C)C(=O)C[C@H]1CCCCO1. The fourth-order valence-electron chi connectivity index (χ4n) is 3.71. The summed E-state index contributed by atoms with van der Waals surface area (Å²) in [6, 6.07) is 0.0673. The molecule has 25 heavy (non-hydrogen) atoms. The van der Waals surface area contributed by atoms with Crippen LogP contribution in [0.1, 0.15) is 42.7 Å². The van der Waals surface area contributed by atoms with Gasteiger partial charge in [-0.1, -0.05) is 0 Å². The molecule has 0 bridgehead atoms. The second-order valence-corrected chi connectivity index (χ2v) is 8.18. The second kappa shape index (κ2) is 8.56.